The van der Waals surface area contributed by atoms with Gasteiger partial charge in [0.05, 0.1) is 5.41 Å². The molecule has 11 heteroatoms. The van der Waals surface area contributed by atoms with Crippen LogP contribution >= 0.6 is 0 Å². The number of carbonyl (C=O) groups is 4. The van der Waals surface area contributed by atoms with Crippen molar-refractivity contribution in [3.05, 3.63) is 23.8 Å². The molecule has 0 spiro atoms. The molecule has 1 aromatic carbocycles. The van der Waals surface area contributed by atoms with Gasteiger partial charge in [0.1, 0.15) is 24.4 Å². The Morgan fingerprint density at radius 3 is 1.80 bits per heavy atom. The molecular weight excluding hydrogens is 522 g/mol. The van der Waals surface area contributed by atoms with Gasteiger partial charge < -0.3 is 34.5 Å². The Labute approximate surface area is 236 Å². The van der Waals surface area contributed by atoms with Gasteiger partial charge in [0.15, 0.2) is 11.5 Å². The molecule has 0 amide bonds. The molecule has 226 valence electrons. The minimum absolute atomic E-state index is 0.141. The average Bonchev–Trinajstić information content (AvgIpc) is 2.89. The van der Waals surface area contributed by atoms with Gasteiger partial charge in [-0.2, -0.15) is 0 Å². The monoisotopic (exact) mass is 567 g/mol. The van der Waals surface area contributed by atoms with Crippen molar-refractivity contribution in [2.45, 2.75) is 112 Å². The first-order valence-electron chi connectivity index (χ1n) is 13.7. The number of esters is 1. The highest BCUT2D eigenvalue weighted by Gasteiger charge is 2.37. The number of hydrogen-bond acceptors (Lipinski definition) is 10. The molecule has 3 N–H and O–H groups in total. The van der Waals surface area contributed by atoms with Crippen LogP contribution in [0.2, 0.25) is 0 Å². The smallest absolute Gasteiger partial charge is 0.480 e. The van der Waals surface area contributed by atoms with Crippen molar-refractivity contribution in [3.63, 3.8) is 0 Å². The van der Waals surface area contributed by atoms with Crippen LogP contribution < -0.4 is 15.2 Å². The van der Waals surface area contributed by atoms with Gasteiger partial charge in [0.25, 0.3) is 0 Å². The molecule has 40 heavy (non-hydrogen) atoms. The summed E-state index contributed by atoms with van der Waals surface area (Å²) in [5.74, 6) is -3.50. The average molecular weight is 568 g/mol. The summed E-state index contributed by atoms with van der Waals surface area (Å²) in [5.41, 5.74) is 5.75. The van der Waals surface area contributed by atoms with Crippen molar-refractivity contribution in [2.24, 2.45) is 17.1 Å². The molecule has 0 aliphatic heterocycles. The Morgan fingerprint density at radius 2 is 1.35 bits per heavy atom. The number of aliphatic carboxylic acids is 1. The van der Waals surface area contributed by atoms with Crippen LogP contribution in [0.25, 0.3) is 0 Å². The van der Waals surface area contributed by atoms with E-state index in [0.29, 0.717) is 24.8 Å². The van der Waals surface area contributed by atoms with Crippen molar-refractivity contribution in [2.75, 3.05) is 0 Å². The quantitative estimate of drug-likeness (QED) is 0.158. The number of rotatable bonds is 14. The third-order valence-corrected chi connectivity index (χ3v) is 7.19. The van der Waals surface area contributed by atoms with Gasteiger partial charge in [-0.25, -0.2) is 9.59 Å². The van der Waals surface area contributed by atoms with Gasteiger partial charge in [-0.15, -0.1) is 0 Å². The molecular formula is C29H45NO10. The predicted octanol–water partition coefficient (Wildman–Crippen LogP) is 5.81. The number of ether oxygens (including phenoxy) is 5. The van der Waals surface area contributed by atoms with Crippen LogP contribution in [0, 0.1) is 11.3 Å². The summed E-state index contributed by atoms with van der Waals surface area (Å²) in [7, 11) is 0. The lowest BCUT2D eigenvalue weighted by Crippen LogP contribution is -2.43. The van der Waals surface area contributed by atoms with Crippen LogP contribution in [0.3, 0.4) is 0 Å². The lowest BCUT2D eigenvalue weighted by molar-refractivity contribution is -0.162. The Hall–Kier alpha value is -3.34. The maximum atomic E-state index is 12.7. The minimum atomic E-state index is -1.41. The summed E-state index contributed by atoms with van der Waals surface area (Å²) in [5, 5.41) is 9.79. The van der Waals surface area contributed by atoms with E-state index in [1.54, 1.807) is 41.5 Å². The largest absolute Gasteiger partial charge is 0.514 e. The second kappa shape index (κ2) is 15.4. The summed E-state index contributed by atoms with van der Waals surface area (Å²) >= 11 is 0. The van der Waals surface area contributed by atoms with Gasteiger partial charge in [-0.05, 0) is 71.6 Å². The van der Waals surface area contributed by atoms with E-state index in [9.17, 15) is 24.3 Å². The molecule has 0 saturated heterocycles. The van der Waals surface area contributed by atoms with Crippen LogP contribution in [0.4, 0.5) is 9.59 Å². The van der Waals surface area contributed by atoms with Crippen LogP contribution in [-0.2, 0) is 23.8 Å². The summed E-state index contributed by atoms with van der Waals surface area (Å²) in [6.45, 7) is 15.8. The standard InChI is InChI=1S/C29H45NO10/c1-10-16(4)36-27(34)39-21-14-13-20(15-22(21)40-28(35)37-17(5)11-2)23(24(30)25(31)32)18(6)19(7)38-26(33)29(8,9)12-3/h13-19,23-24H,10-12,30H2,1-9H3,(H,31,32)/t16?,17?,18?,19?,23?,24-/m0/s1. The molecule has 0 aromatic heterocycles. The van der Waals surface area contributed by atoms with Crippen molar-refractivity contribution in [1.82, 2.24) is 0 Å². The topological polar surface area (TPSA) is 161 Å². The molecule has 11 nitrogen and oxygen atoms in total. The molecule has 5 unspecified atom stereocenters. The van der Waals surface area contributed by atoms with Gasteiger partial charge in [0.2, 0.25) is 0 Å². The van der Waals surface area contributed by atoms with E-state index in [2.05, 4.69) is 0 Å². The summed E-state index contributed by atoms with van der Waals surface area (Å²) in [6.07, 6.45) is -1.95. The number of carboxylic acid groups (broad SMARTS) is 1. The number of carbonyl (C=O) groups excluding carboxylic acids is 3. The van der Waals surface area contributed by atoms with Gasteiger partial charge in [-0.1, -0.05) is 33.8 Å². The third kappa shape index (κ3) is 10.0. The molecule has 0 saturated carbocycles. The zero-order chi connectivity index (χ0) is 30.8. The first-order chi connectivity index (χ1) is 18.6. The third-order valence-electron chi connectivity index (χ3n) is 7.19. The maximum absolute atomic E-state index is 12.7. The molecule has 1 rings (SSSR count). The first kappa shape index (κ1) is 34.7. The lowest BCUT2D eigenvalue weighted by atomic mass is 9.79. The SMILES string of the molecule is CCC(C)OC(=O)Oc1ccc(C(C(C)C(C)OC(=O)C(C)(C)CC)[C@H](N)C(=O)O)cc1OC(=O)OC(C)CC. The summed E-state index contributed by atoms with van der Waals surface area (Å²) < 4.78 is 26.7. The lowest BCUT2D eigenvalue weighted by Gasteiger charge is -2.33. The Balaban J connectivity index is 3.49. The zero-order valence-corrected chi connectivity index (χ0v) is 25.0. The fourth-order valence-corrected chi connectivity index (χ4v) is 3.48. The van der Waals surface area contributed by atoms with E-state index in [4.69, 9.17) is 29.4 Å². The fraction of sp³-hybridized carbons (Fsp3) is 0.655. The highest BCUT2D eigenvalue weighted by atomic mass is 16.7. The van der Waals surface area contributed by atoms with E-state index in [1.807, 2.05) is 20.8 Å². The molecule has 0 radical (unpaired) electrons. The van der Waals surface area contributed by atoms with Gasteiger partial charge in [0, 0.05) is 11.8 Å². The van der Waals surface area contributed by atoms with E-state index in [-0.39, 0.29) is 11.5 Å². The predicted molar refractivity (Wildman–Crippen MR) is 147 cm³/mol. The van der Waals surface area contributed by atoms with Crippen molar-refractivity contribution < 1.29 is 48.0 Å². The van der Waals surface area contributed by atoms with Crippen molar-refractivity contribution >= 4 is 24.2 Å². The van der Waals surface area contributed by atoms with E-state index >= 15 is 0 Å². The Bertz CT molecular complexity index is 1020. The van der Waals surface area contributed by atoms with Gasteiger partial charge in [-0.3, -0.25) is 9.59 Å². The summed E-state index contributed by atoms with van der Waals surface area (Å²) in [4.78, 5) is 49.5. The molecule has 0 bridgehead atoms. The Kier molecular flexibility index (Phi) is 13.4. The molecule has 6 atom stereocenters. The van der Waals surface area contributed by atoms with E-state index in [1.165, 1.54) is 18.2 Å². The number of benzene rings is 1. The molecule has 1 aromatic rings. The van der Waals surface area contributed by atoms with Crippen LogP contribution in [0.15, 0.2) is 18.2 Å². The van der Waals surface area contributed by atoms with Gasteiger partial charge >= 0.3 is 24.2 Å². The highest BCUT2D eigenvalue weighted by Crippen LogP contribution is 2.38. The van der Waals surface area contributed by atoms with Crippen LogP contribution in [0.1, 0.15) is 93.1 Å². The van der Waals surface area contributed by atoms with Crippen LogP contribution in [-0.4, -0.2) is 53.7 Å². The molecule has 0 aliphatic carbocycles. The second-order valence-corrected chi connectivity index (χ2v) is 10.7. The molecule has 0 heterocycles. The maximum Gasteiger partial charge on any atom is 0.514 e. The Morgan fingerprint density at radius 1 is 0.850 bits per heavy atom. The number of hydrogen-bond donors (Lipinski definition) is 2. The molecule has 0 fully saturated rings. The van der Waals surface area contributed by atoms with Crippen molar-refractivity contribution in [1.29, 1.82) is 0 Å². The molecule has 0 aliphatic rings. The number of nitrogens with two attached hydrogens (primary N) is 1. The zero-order valence-electron chi connectivity index (χ0n) is 25.0. The van der Waals surface area contributed by atoms with Crippen molar-refractivity contribution in [3.8, 4) is 11.5 Å². The van der Waals surface area contributed by atoms with E-state index in [0.717, 1.165) is 0 Å². The second-order valence-electron chi connectivity index (χ2n) is 10.7. The normalized spacial score (nSPS) is 15.9. The highest BCUT2D eigenvalue weighted by molar-refractivity contribution is 5.76. The number of carboxylic acids is 1. The minimum Gasteiger partial charge on any atom is -0.480 e. The summed E-state index contributed by atoms with van der Waals surface area (Å²) in [6, 6.07) is 2.81. The van der Waals surface area contributed by atoms with E-state index < -0.39 is 65.9 Å². The fourth-order valence-electron chi connectivity index (χ4n) is 3.48. The first-order valence-corrected chi connectivity index (χ1v) is 13.7. The van der Waals surface area contributed by atoms with Crippen LogP contribution in [0.5, 0.6) is 11.5 Å².